The minimum atomic E-state index is -0.330. The second-order valence-corrected chi connectivity index (χ2v) is 5.53. The fourth-order valence-electron chi connectivity index (χ4n) is 2.59. The smallest absolute Gasteiger partial charge is 0.292 e. The summed E-state index contributed by atoms with van der Waals surface area (Å²) in [6.07, 6.45) is 0.274. The van der Waals surface area contributed by atoms with Gasteiger partial charge in [-0.3, -0.25) is 4.79 Å². The molecule has 0 bridgehead atoms. The van der Waals surface area contributed by atoms with Crippen LogP contribution in [0.1, 0.15) is 23.9 Å². The molecule has 5 nitrogen and oxygen atoms in total. The van der Waals surface area contributed by atoms with Gasteiger partial charge in [-0.1, -0.05) is 42.4 Å². The number of rotatable bonds is 2. The van der Waals surface area contributed by atoms with Crippen LogP contribution in [0, 0.1) is 5.92 Å². The topological polar surface area (TPSA) is 66.6 Å². The van der Waals surface area contributed by atoms with Crippen LogP contribution in [0.25, 0.3) is 11.3 Å². The Kier molecular flexibility index (Phi) is 3.75. The molecular formula is C16H18N2O3. The van der Waals surface area contributed by atoms with Crippen molar-refractivity contribution in [1.29, 1.82) is 0 Å². The van der Waals surface area contributed by atoms with Gasteiger partial charge in [0, 0.05) is 24.7 Å². The molecule has 1 aromatic carbocycles. The fourth-order valence-corrected chi connectivity index (χ4v) is 2.59. The minimum absolute atomic E-state index is 0.0826. The number of aliphatic hydroxyl groups excluding tert-OH is 1. The van der Waals surface area contributed by atoms with Crippen LogP contribution < -0.4 is 0 Å². The molecule has 1 amide bonds. The molecule has 2 aromatic rings. The summed E-state index contributed by atoms with van der Waals surface area (Å²) < 4.78 is 5.19. The van der Waals surface area contributed by atoms with Crippen molar-refractivity contribution in [2.24, 2.45) is 5.92 Å². The van der Waals surface area contributed by atoms with E-state index in [1.54, 1.807) is 11.0 Å². The summed E-state index contributed by atoms with van der Waals surface area (Å²) in [7, 11) is 0. The Morgan fingerprint density at radius 3 is 2.86 bits per heavy atom. The highest BCUT2D eigenvalue weighted by molar-refractivity contribution is 5.92. The molecule has 1 aliphatic heterocycles. The van der Waals surface area contributed by atoms with Gasteiger partial charge in [0.15, 0.2) is 0 Å². The Morgan fingerprint density at radius 2 is 2.14 bits per heavy atom. The molecule has 2 heterocycles. The Hall–Kier alpha value is -2.14. The quantitative estimate of drug-likeness (QED) is 0.919. The monoisotopic (exact) mass is 286 g/mol. The fraction of sp³-hybridized carbons (Fsp3) is 0.375. The largest absolute Gasteiger partial charge is 0.393 e. The van der Waals surface area contributed by atoms with Gasteiger partial charge in [0.05, 0.1) is 6.10 Å². The predicted molar refractivity (Wildman–Crippen MR) is 77.6 cm³/mol. The van der Waals surface area contributed by atoms with Crippen molar-refractivity contribution in [3.8, 4) is 11.3 Å². The number of carbonyl (C=O) groups is 1. The van der Waals surface area contributed by atoms with Crippen molar-refractivity contribution in [2.45, 2.75) is 19.4 Å². The number of aromatic nitrogens is 1. The van der Waals surface area contributed by atoms with Crippen LogP contribution in [-0.2, 0) is 0 Å². The summed E-state index contributed by atoms with van der Waals surface area (Å²) in [5.74, 6) is 0.167. The highest BCUT2D eigenvalue weighted by atomic mass is 16.5. The second kappa shape index (κ2) is 5.69. The van der Waals surface area contributed by atoms with Crippen molar-refractivity contribution in [1.82, 2.24) is 10.1 Å². The molecule has 2 atom stereocenters. The molecule has 1 saturated heterocycles. The van der Waals surface area contributed by atoms with Gasteiger partial charge >= 0.3 is 0 Å². The third kappa shape index (κ3) is 2.83. The standard InChI is InChI=1S/C16H18N2O3/c1-11-10-18(8-7-14(11)19)16(20)15-9-13(17-21-15)12-5-3-2-4-6-12/h2-6,9,11,14,19H,7-8,10H2,1H3. The first-order chi connectivity index (χ1) is 10.1. The van der Waals surface area contributed by atoms with Gasteiger partial charge in [-0.25, -0.2) is 0 Å². The zero-order valence-electron chi connectivity index (χ0n) is 11.9. The lowest BCUT2D eigenvalue weighted by atomic mass is 9.96. The number of carbonyl (C=O) groups excluding carboxylic acids is 1. The average Bonchev–Trinajstić information content (AvgIpc) is 3.00. The molecule has 5 heteroatoms. The summed E-state index contributed by atoms with van der Waals surface area (Å²) >= 11 is 0. The molecule has 1 fully saturated rings. The van der Waals surface area contributed by atoms with Crippen LogP contribution in [0.4, 0.5) is 0 Å². The number of benzene rings is 1. The zero-order valence-corrected chi connectivity index (χ0v) is 11.9. The Morgan fingerprint density at radius 1 is 1.38 bits per heavy atom. The van der Waals surface area contributed by atoms with Crippen LogP contribution in [0.3, 0.4) is 0 Å². The van der Waals surface area contributed by atoms with Crippen LogP contribution in [0.2, 0.25) is 0 Å². The summed E-state index contributed by atoms with van der Waals surface area (Å²) in [5.41, 5.74) is 1.58. The number of hydrogen-bond acceptors (Lipinski definition) is 4. The normalized spacial score (nSPS) is 22.3. The average molecular weight is 286 g/mol. The Bertz CT molecular complexity index is 623. The van der Waals surface area contributed by atoms with Gasteiger partial charge in [-0.05, 0) is 12.3 Å². The zero-order chi connectivity index (χ0) is 14.8. The summed E-state index contributed by atoms with van der Waals surface area (Å²) in [6, 6.07) is 11.3. The molecule has 2 unspecified atom stereocenters. The summed E-state index contributed by atoms with van der Waals surface area (Å²) in [6.45, 7) is 3.03. The number of nitrogens with zero attached hydrogens (tertiary/aromatic N) is 2. The van der Waals surface area contributed by atoms with Crippen molar-refractivity contribution >= 4 is 5.91 Å². The lowest BCUT2D eigenvalue weighted by molar-refractivity contribution is 0.0274. The Balaban J connectivity index is 1.76. The molecule has 0 saturated carbocycles. The van der Waals surface area contributed by atoms with E-state index in [1.165, 1.54) is 0 Å². The molecule has 0 spiro atoms. The maximum absolute atomic E-state index is 12.4. The van der Waals surface area contributed by atoms with Crippen molar-refractivity contribution < 1.29 is 14.4 Å². The molecule has 1 N–H and O–H groups in total. The molecule has 3 rings (SSSR count). The molecule has 1 aliphatic rings. The number of likely N-dealkylation sites (tertiary alicyclic amines) is 1. The maximum Gasteiger partial charge on any atom is 0.292 e. The van der Waals surface area contributed by atoms with E-state index in [9.17, 15) is 9.90 Å². The number of hydrogen-bond donors (Lipinski definition) is 1. The van der Waals surface area contributed by atoms with Gasteiger partial charge in [-0.2, -0.15) is 0 Å². The summed E-state index contributed by atoms with van der Waals surface area (Å²) in [4.78, 5) is 14.1. The van der Waals surface area contributed by atoms with Crippen LogP contribution in [-0.4, -0.2) is 40.3 Å². The van der Waals surface area contributed by atoms with Crippen molar-refractivity contribution in [3.05, 3.63) is 42.2 Å². The summed E-state index contributed by atoms with van der Waals surface area (Å²) in [5, 5.41) is 13.7. The molecular weight excluding hydrogens is 268 g/mol. The highest BCUT2D eigenvalue weighted by Gasteiger charge is 2.29. The predicted octanol–water partition coefficient (Wildman–Crippen LogP) is 2.18. The van der Waals surface area contributed by atoms with E-state index in [2.05, 4.69) is 5.16 Å². The van der Waals surface area contributed by atoms with Gasteiger partial charge in [-0.15, -0.1) is 0 Å². The SMILES string of the molecule is CC1CN(C(=O)c2cc(-c3ccccc3)no2)CCC1O. The van der Waals surface area contributed by atoms with Gasteiger partial charge in [0.2, 0.25) is 5.76 Å². The van der Waals surface area contributed by atoms with E-state index in [-0.39, 0.29) is 23.7 Å². The first-order valence-electron chi connectivity index (χ1n) is 7.14. The van der Waals surface area contributed by atoms with Crippen LogP contribution in [0.15, 0.2) is 40.9 Å². The van der Waals surface area contributed by atoms with Gasteiger partial charge in [0.25, 0.3) is 5.91 Å². The molecule has 21 heavy (non-hydrogen) atoms. The van der Waals surface area contributed by atoms with E-state index in [0.29, 0.717) is 25.2 Å². The van der Waals surface area contributed by atoms with E-state index < -0.39 is 0 Å². The molecule has 0 aliphatic carbocycles. The minimum Gasteiger partial charge on any atom is -0.393 e. The van der Waals surface area contributed by atoms with Gasteiger partial charge < -0.3 is 14.5 Å². The molecule has 0 radical (unpaired) electrons. The number of piperidine rings is 1. The maximum atomic E-state index is 12.4. The van der Waals surface area contributed by atoms with Crippen molar-refractivity contribution in [2.75, 3.05) is 13.1 Å². The van der Waals surface area contributed by atoms with Crippen molar-refractivity contribution in [3.63, 3.8) is 0 Å². The lowest BCUT2D eigenvalue weighted by Crippen LogP contribution is -2.44. The number of amides is 1. The third-order valence-electron chi connectivity index (χ3n) is 3.94. The number of aliphatic hydroxyl groups is 1. The van der Waals surface area contributed by atoms with E-state index in [1.807, 2.05) is 37.3 Å². The first kappa shape index (κ1) is 13.8. The van der Waals surface area contributed by atoms with Crippen LogP contribution in [0.5, 0.6) is 0 Å². The third-order valence-corrected chi connectivity index (χ3v) is 3.94. The molecule has 110 valence electrons. The Labute approximate surface area is 123 Å². The van der Waals surface area contributed by atoms with Crippen LogP contribution >= 0.6 is 0 Å². The highest BCUT2D eigenvalue weighted by Crippen LogP contribution is 2.22. The lowest BCUT2D eigenvalue weighted by Gasteiger charge is -2.33. The first-order valence-corrected chi connectivity index (χ1v) is 7.14. The van der Waals surface area contributed by atoms with E-state index >= 15 is 0 Å². The molecule has 1 aromatic heterocycles. The van der Waals surface area contributed by atoms with Gasteiger partial charge in [0.1, 0.15) is 5.69 Å². The van der Waals surface area contributed by atoms with E-state index in [0.717, 1.165) is 5.56 Å². The second-order valence-electron chi connectivity index (χ2n) is 5.53. The van der Waals surface area contributed by atoms with E-state index in [4.69, 9.17) is 4.52 Å².